The lowest BCUT2D eigenvalue weighted by molar-refractivity contribution is -0.319. The summed E-state index contributed by atoms with van der Waals surface area (Å²) < 4.78 is 12.5. The van der Waals surface area contributed by atoms with E-state index >= 15 is 0 Å². The van der Waals surface area contributed by atoms with Crippen LogP contribution in [0.3, 0.4) is 0 Å². The lowest BCUT2D eigenvalue weighted by atomic mass is 9.77. The van der Waals surface area contributed by atoms with Gasteiger partial charge in [-0.15, -0.1) is 0 Å². The highest BCUT2D eigenvalue weighted by molar-refractivity contribution is 5.89. The number of likely N-dealkylation sites (N-methyl/N-ethyl adjacent to an activating group) is 1. The van der Waals surface area contributed by atoms with E-state index in [0.29, 0.717) is 44.3 Å². The second kappa shape index (κ2) is 13.1. The third kappa shape index (κ3) is 6.82. The molecule has 3 heterocycles. The van der Waals surface area contributed by atoms with Gasteiger partial charge in [0.2, 0.25) is 17.6 Å². The van der Waals surface area contributed by atoms with Crippen LogP contribution in [0.15, 0.2) is 42.5 Å². The fourth-order valence-corrected chi connectivity index (χ4v) is 6.57. The minimum atomic E-state index is -1.56. The van der Waals surface area contributed by atoms with Crippen LogP contribution in [0.2, 0.25) is 0 Å². The average Bonchev–Trinajstić information content (AvgIpc) is 3.31. The number of rotatable bonds is 12. The van der Waals surface area contributed by atoms with Gasteiger partial charge >= 0.3 is 0 Å². The van der Waals surface area contributed by atoms with Gasteiger partial charge in [-0.05, 0) is 88.9 Å². The van der Waals surface area contributed by atoms with Crippen LogP contribution in [-0.4, -0.2) is 107 Å². The Kier molecular flexibility index (Phi) is 9.75. The number of hydrogen-bond donors (Lipinski definition) is 4. The predicted octanol–water partition coefficient (Wildman–Crippen LogP) is 2.02. The number of nitrogens with one attached hydrogen (secondary N) is 1. The number of hydrogen-bond acceptors (Lipinski definition) is 8. The molecule has 3 aliphatic heterocycles. The van der Waals surface area contributed by atoms with Crippen molar-refractivity contribution in [2.75, 3.05) is 40.3 Å². The number of aryl methyl sites for hydroxylation is 2. The SMILES string of the molecule is Cc1ccc([C@@]23OC[C@@](C(C)(C)O)(C[C@H](O)[C@H]2O)O3)cc1Cc1ccc(CCCC(=O)N2CC[C@H]2C(=O)NCCN(C)C)cc1. The van der Waals surface area contributed by atoms with Gasteiger partial charge in [0.1, 0.15) is 17.7 Å². The number of carbonyl (C=O) groups excluding carboxylic acids is 2. The van der Waals surface area contributed by atoms with Crippen LogP contribution in [0.4, 0.5) is 0 Å². The summed E-state index contributed by atoms with van der Waals surface area (Å²) in [5.74, 6) is -1.59. The quantitative estimate of drug-likeness (QED) is 0.283. The summed E-state index contributed by atoms with van der Waals surface area (Å²) in [5.41, 5.74) is 2.57. The van der Waals surface area contributed by atoms with Gasteiger partial charge in [0.05, 0.1) is 18.3 Å². The summed E-state index contributed by atoms with van der Waals surface area (Å²) in [7, 11) is 3.92. The van der Waals surface area contributed by atoms with Gasteiger partial charge in [0, 0.05) is 38.0 Å². The first-order valence-corrected chi connectivity index (χ1v) is 16.1. The average molecular weight is 624 g/mol. The van der Waals surface area contributed by atoms with Gasteiger partial charge in [0.25, 0.3) is 0 Å². The monoisotopic (exact) mass is 623 g/mol. The molecule has 2 aromatic rings. The predicted molar refractivity (Wildman–Crippen MR) is 169 cm³/mol. The van der Waals surface area contributed by atoms with Crippen molar-refractivity contribution in [2.45, 2.75) is 94.5 Å². The molecule has 10 nitrogen and oxygen atoms in total. The Bertz CT molecular complexity index is 1370. The van der Waals surface area contributed by atoms with E-state index in [1.54, 1.807) is 18.7 Å². The van der Waals surface area contributed by atoms with E-state index in [9.17, 15) is 24.9 Å². The van der Waals surface area contributed by atoms with E-state index in [4.69, 9.17) is 9.47 Å². The van der Waals surface area contributed by atoms with E-state index in [1.807, 2.05) is 44.1 Å². The lowest BCUT2D eigenvalue weighted by Crippen LogP contribution is -2.62. The highest BCUT2D eigenvalue weighted by Gasteiger charge is 2.67. The molecular weight excluding hydrogens is 574 g/mol. The van der Waals surface area contributed by atoms with Gasteiger partial charge < -0.3 is 39.9 Å². The molecule has 5 atom stereocenters. The number of fused-ring (bicyclic) bond motifs is 2. The fourth-order valence-electron chi connectivity index (χ4n) is 6.57. The van der Waals surface area contributed by atoms with Crippen molar-refractivity contribution in [3.8, 4) is 0 Å². The van der Waals surface area contributed by atoms with E-state index in [-0.39, 0.29) is 30.9 Å². The van der Waals surface area contributed by atoms with Crippen LogP contribution >= 0.6 is 0 Å². The van der Waals surface area contributed by atoms with Crippen molar-refractivity contribution in [1.82, 2.24) is 15.1 Å². The molecule has 3 fully saturated rings. The number of nitrogens with zero attached hydrogens (tertiary/aromatic N) is 2. The molecule has 3 saturated heterocycles. The smallest absolute Gasteiger partial charge is 0.242 e. The molecule has 10 heteroatoms. The Morgan fingerprint density at radius 3 is 2.47 bits per heavy atom. The molecule has 0 aliphatic carbocycles. The Balaban J connectivity index is 1.17. The standard InChI is InChI=1S/C35H49N3O7/c1-23-9-14-27(35-31(41)29(39)21-34(45-35,22-44-35)33(2,3)43)20-26(23)19-25-12-10-24(11-13-25)7-6-8-30(40)38-17-15-28(38)32(42)36-16-18-37(4)5/h9-14,20,28-29,31,39,41,43H,6-8,15-19,21-22H2,1-5H3,(H,36,42)/t28-,29-,31+,34+,35-/m0/s1. The molecule has 0 unspecified atom stereocenters. The molecule has 0 spiro atoms. The third-order valence-electron chi connectivity index (χ3n) is 9.80. The van der Waals surface area contributed by atoms with Gasteiger partial charge in [-0.2, -0.15) is 0 Å². The summed E-state index contributed by atoms with van der Waals surface area (Å²) in [5, 5.41) is 35.6. The Labute approximate surface area is 266 Å². The highest BCUT2D eigenvalue weighted by atomic mass is 16.8. The second-order valence-corrected chi connectivity index (χ2v) is 13.8. The summed E-state index contributed by atoms with van der Waals surface area (Å²) in [6.45, 7) is 7.34. The Morgan fingerprint density at radius 2 is 1.82 bits per heavy atom. The number of aliphatic hydroxyl groups excluding tert-OH is 2. The van der Waals surface area contributed by atoms with Crippen molar-refractivity contribution >= 4 is 11.8 Å². The zero-order valence-corrected chi connectivity index (χ0v) is 27.2. The van der Waals surface area contributed by atoms with Gasteiger partial charge in [0.15, 0.2) is 0 Å². The van der Waals surface area contributed by atoms with Gasteiger partial charge in [-0.1, -0.05) is 36.4 Å². The molecular formula is C35H49N3O7. The van der Waals surface area contributed by atoms with Crippen LogP contribution in [0.1, 0.15) is 67.3 Å². The normalized spacial score (nSPS) is 27.8. The van der Waals surface area contributed by atoms with Crippen molar-refractivity contribution in [1.29, 1.82) is 0 Å². The lowest BCUT2D eigenvalue weighted by Gasteiger charge is -2.48. The molecule has 2 amide bonds. The fraction of sp³-hybridized carbons (Fsp3) is 0.600. The maximum atomic E-state index is 12.8. The van der Waals surface area contributed by atoms with Crippen LogP contribution in [0.5, 0.6) is 0 Å². The van der Waals surface area contributed by atoms with Crippen molar-refractivity contribution in [2.24, 2.45) is 0 Å². The maximum absolute atomic E-state index is 12.8. The van der Waals surface area contributed by atoms with E-state index in [1.165, 1.54) is 0 Å². The molecule has 246 valence electrons. The molecule has 0 saturated carbocycles. The molecule has 3 aliphatic rings. The molecule has 4 N–H and O–H groups in total. The van der Waals surface area contributed by atoms with Crippen LogP contribution < -0.4 is 5.32 Å². The first-order valence-electron chi connectivity index (χ1n) is 16.1. The number of aliphatic hydroxyl groups is 3. The van der Waals surface area contributed by atoms with E-state index < -0.39 is 29.2 Å². The topological polar surface area (TPSA) is 132 Å². The number of benzene rings is 2. The van der Waals surface area contributed by atoms with Crippen LogP contribution in [0, 0.1) is 6.92 Å². The number of amides is 2. The van der Waals surface area contributed by atoms with Crippen LogP contribution in [0.25, 0.3) is 0 Å². The maximum Gasteiger partial charge on any atom is 0.242 e. The molecule has 45 heavy (non-hydrogen) atoms. The Morgan fingerprint density at radius 1 is 1.11 bits per heavy atom. The van der Waals surface area contributed by atoms with Crippen molar-refractivity contribution in [3.63, 3.8) is 0 Å². The molecule has 2 bridgehead atoms. The first kappa shape index (κ1) is 33.5. The second-order valence-electron chi connectivity index (χ2n) is 13.8. The Hall–Kier alpha value is -2.86. The summed E-state index contributed by atoms with van der Waals surface area (Å²) >= 11 is 0. The molecule has 2 aromatic carbocycles. The largest absolute Gasteiger partial charge is 0.390 e. The van der Waals surface area contributed by atoms with Crippen LogP contribution in [-0.2, 0) is 37.7 Å². The zero-order valence-electron chi connectivity index (χ0n) is 27.2. The van der Waals surface area contributed by atoms with Crippen molar-refractivity contribution < 1.29 is 34.4 Å². The minimum Gasteiger partial charge on any atom is -0.390 e. The van der Waals surface area contributed by atoms with Crippen molar-refractivity contribution in [3.05, 3.63) is 70.3 Å². The zero-order chi connectivity index (χ0) is 32.6. The molecule has 0 aromatic heterocycles. The number of ether oxygens (including phenoxy) is 2. The summed E-state index contributed by atoms with van der Waals surface area (Å²) in [6, 6.07) is 13.8. The number of likely N-dealkylation sites (tertiary alicyclic amines) is 1. The minimum absolute atomic E-state index is 0.0334. The summed E-state index contributed by atoms with van der Waals surface area (Å²) in [6.07, 6.45) is 0.939. The molecule has 5 rings (SSSR count). The third-order valence-corrected chi connectivity index (χ3v) is 9.80. The van der Waals surface area contributed by atoms with E-state index in [2.05, 4.69) is 29.6 Å². The number of carbonyl (C=O) groups is 2. The first-order chi connectivity index (χ1) is 21.2. The molecule has 0 radical (unpaired) electrons. The van der Waals surface area contributed by atoms with E-state index in [0.717, 1.165) is 35.2 Å². The highest BCUT2D eigenvalue weighted by Crippen LogP contribution is 2.53. The van der Waals surface area contributed by atoms with Gasteiger partial charge in [-0.3, -0.25) is 9.59 Å². The van der Waals surface area contributed by atoms with Gasteiger partial charge in [-0.25, -0.2) is 0 Å². The summed E-state index contributed by atoms with van der Waals surface area (Å²) in [4.78, 5) is 28.9.